The van der Waals surface area contributed by atoms with Crippen molar-refractivity contribution >= 4 is 35.2 Å². The van der Waals surface area contributed by atoms with Crippen molar-refractivity contribution in [2.45, 2.75) is 6.92 Å². The van der Waals surface area contributed by atoms with E-state index in [9.17, 15) is 0 Å². The molecule has 0 radical (unpaired) electrons. The van der Waals surface area contributed by atoms with Gasteiger partial charge in [0.15, 0.2) is 5.82 Å². The molecule has 0 spiro atoms. The smallest absolute Gasteiger partial charge is 0.213 e. The van der Waals surface area contributed by atoms with E-state index in [1.54, 1.807) is 11.3 Å². The van der Waals surface area contributed by atoms with Crippen LogP contribution in [0.1, 0.15) is 5.56 Å². The van der Waals surface area contributed by atoms with E-state index in [0.29, 0.717) is 10.6 Å². The summed E-state index contributed by atoms with van der Waals surface area (Å²) in [5.74, 6) is 0.702. The highest BCUT2D eigenvalue weighted by Gasteiger charge is 2.10. The van der Waals surface area contributed by atoms with E-state index in [2.05, 4.69) is 15.2 Å². The number of rotatable bonds is 1. The van der Waals surface area contributed by atoms with Crippen LogP contribution in [-0.4, -0.2) is 15.2 Å². The highest BCUT2D eigenvalue weighted by atomic mass is 35.5. The van der Waals surface area contributed by atoms with Crippen molar-refractivity contribution in [3.63, 3.8) is 0 Å². The lowest BCUT2D eigenvalue weighted by molar-refractivity contribution is 1.08. The summed E-state index contributed by atoms with van der Waals surface area (Å²) in [6.07, 6.45) is 0. The summed E-state index contributed by atoms with van der Waals surface area (Å²) in [4.78, 5) is 5.01. The molecule has 0 saturated carbocycles. The Balaban J connectivity index is 2.58. The van der Waals surface area contributed by atoms with Crippen molar-refractivity contribution in [2.75, 3.05) is 0 Å². The van der Waals surface area contributed by atoms with Crippen LogP contribution in [0.5, 0.6) is 0 Å². The third-order valence-electron chi connectivity index (χ3n) is 1.62. The zero-order chi connectivity index (χ0) is 9.42. The standard InChI is InChI=1S/C7H6ClN3S2/c1-3-2-13-5(4(3)8)6-9-7(12)11-10-6/h2H,1H3,(H2,9,10,11,12). The third-order valence-corrected chi connectivity index (χ3v) is 3.51. The van der Waals surface area contributed by atoms with E-state index in [-0.39, 0.29) is 0 Å². The van der Waals surface area contributed by atoms with Gasteiger partial charge >= 0.3 is 0 Å². The van der Waals surface area contributed by atoms with Gasteiger partial charge in [0.2, 0.25) is 4.77 Å². The van der Waals surface area contributed by atoms with Crippen LogP contribution in [0.25, 0.3) is 10.7 Å². The van der Waals surface area contributed by atoms with Crippen molar-refractivity contribution in [3.8, 4) is 10.7 Å². The molecule has 2 aromatic rings. The van der Waals surface area contributed by atoms with E-state index >= 15 is 0 Å². The topological polar surface area (TPSA) is 44.5 Å². The maximum atomic E-state index is 6.06. The molecule has 0 aliphatic rings. The van der Waals surface area contributed by atoms with Gasteiger partial charge in [-0.1, -0.05) is 11.6 Å². The highest BCUT2D eigenvalue weighted by molar-refractivity contribution is 7.71. The van der Waals surface area contributed by atoms with Gasteiger partial charge in [-0.2, -0.15) is 4.98 Å². The van der Waals surface area contributed by atoms with Crippen LogP contribution < -0.4 is 0 Å². The fourth-order valence-electron chi connectivity index (χ4n) is 0.967. The van der Waals surface area contributed by atoms with Crippen molar-refractivity contribution in [3.05, 3.63) is 20.7 Å². The maximum absolute atomic E-state index is 6.06. The second-order valence-electron chi connectivity index (χ2n) is 2.58. The van der Waals surface area contributed by atoms with Gasteiger partial charge < -0.3 is 0 Å². The monoisotopic (exact) mass is 231 g/mol. The normalized spacial score (nSPS) is 10.6. The van der Waals surface area contributed by atoms with Crippen LogP contribution in [0.2, 0.25) is 5.02 Å². The van der Waals surface area contributed by atoms with E-state index < -0.39 is 0 Å². The summed E-state index contributed by atoms with van der Waals surface area (Å²) in [7, 11) is 0. The van der Waals surface area contributed by atoms with Crippen LogP contribution in [0.4, 0.5) is 0 Å². The lowest BCUT2D eigenvalue weighted by Crippen LogP contribution is -1.76. The molecule has 0 amide bonds. The first-order chi connectivity index (χ1) is 6.18. The molecule has 0 saturated heterocycles. The second kappa shape index (κ2) is 3.25. The molecule has 3 nitrogen and oxygen atoms in total. The largest absolute Gasteiger partial charge is 0.281 e. The van der Waals surface area contributed by atoms with Crippen molar-refractivity contribution in [1.82, 2.24) is 15.2 Å². The number of aromatic nitrogens is 3. The van der Waals surface area contributed by atoms with Gasteiger partial charge in [0, 0.05) is 0 Å². The molecule has 2 rings (SSSR count). The quantitative estimate of drug-likeness (QED) is 0.741. The molecule has 0 bridgehead atoms. The Hall–Kier alpha value is -0.650. The minimum Gasteiger partial charge on any atom is -0.281 e. The lowest BCUT2D eigenvalue weighted by Gasteiger charge is -1.90. The number of hydrogen-bond acceptors (Lipinski definition) is 3. The van der Waals surface area contributed by atoms with Gasteiger partial charge in [0.25, 0.3) is 0 Å². The van der Waals surface area contributed by atoms with Gasteiger partial charge in [-0.15, -0.1) is 11.3 Å². The zero-order valence-corrected chi connectivity index (χ0v) is 9.11. The molecule has 0 atom stereocenters. The Morgan fingerprint density at radius 1 is 1.54 bits per heavy atom. The molecule has 2 aromatic heterocycles. The minimum atomic E-state index is 0.442. The van der Waals surface area contributed by atoms with Crippen LogP contribution in [0, 0.1) is 11.7 Å². The third kappa shape index (κ3) is 1.54. The Labute approximate surface area is 88.8 Å². The van der Waals surface area contributed by atoms with E-state index in [0.717, 1.165) is 15.5 Å². The number of halogens is 1. The van der Waals surface area contributed by atoms with Gasteiger partial charge in [-0.05, 0) is 30.1 Å². The van der Waals surface area contributed by atoms with Crippen molar-refractivity contribution < 1.29 is 0 Å². The predicted octanol–water partition coefficient (Wildman–Crippen LogP) is 3.16. The van der Waals surface area contributed by atoms with Crippen molar-refractivity contribution in [1.29, 1.82) is 0 Å². The highest BCUT2D eigenvalue weighted by Crippen LogP contribution is 2.33. The average Bonchev–Trinajstić information content (AvgIpc) is 2.62. The summed E-state index contributed by atoms with van der Waals surface area (Å²) < 4.78 is 0.442. The number of nitrogens with zero attached hydrogens (tertiary/aromatic N) is 1. The molecular formula is C7H6ClN3S2. The zero-order valence-electron chi connectivity index (χ0n) is 6.72. The first-order valence-electron chi connectivity index (χ1n) is 3.57. The first kappa shape index (κ1) is 8.93. The van der Waals surface area contributed by atoms with Gasteiger partial charge in [0.05, 0.1) is 9.90 Å². The molecule has 2 N–H and O–H groups in total. The molecule has 0 fully saturated rings. The van der Waals surface area contributed by atoms with E-state index in [4.69, 9.17) is 23.8 Å². The molecule has 0 aromatic carbocycles. The van der Waals surface area contributed by atoms with Crippen LogP contribution >= 0.6 is 35.2 Å². The lowest BCUT2D eigenvalue weighted by atomic mass is 10.3. The van der Waals surface area contributed by atoms with Crippen molar-refractivity contribution in [2.24, 2.45) is 0 Å². The fourth-order valence-corrected chi connectivity index (χ4v) is 2.34. The van der Waals surface area contributed by atoms with Gasteiger partial charge in [-0.25, -0.2) is 0 Å². The second-order valence-corrected chi connectivity index (χ2v) is 4.22. The molecule has 0 unspecified atom stereocenters. The van der Waals surface area contributed by atoms with Gasteiger partial charge in [-0.3, -0.25) is 10.2 Å². The fraction of sp³-hybridized carbons (Fsp3) is 0.143. The minimum absolute atomic E-state index is 0.442. The molecule has 6 heteroatoms. The molecule has 2 heterocycles. The van der Waals surface area contributed by atoms with E-state index in [1.807, 2.05) is 12.3 Å². The molecule has 13 heavy (non-hydrogen) atoms. The van der Waals surface area contributed by atoms with Crippen LogP contribution in [0.15, 0.2) is 5.38 Å². The number of hydrogen-bond donors (Lipinski definition) is 2. The summed E-state index contributed by atoms with van der Waals surface area (Å²) in [6, 6.07) is 0. The Bertz CT molecular complexity index is 482. The summed E-state index contributed by atoms with van der Waals surface area (Å²) in [5.41, 5.74) is 1.06. The maximum Gasteiger partial charge on any atom is 0.213 e. The average molecular weight is 232 g/mol. The van der Waals surface area contributed by atoms with Crippen LogP contribution in [0.3, 0.4) is 0 Å². The molecular weight excluding hydrogens is 226 g/mol. The SMILES string of the molecule is Cc1csc(-c2nc(=S)[nH][nH]2)c1Cl. The number of thiophene rings is 1. The molecule has 0 aliphatic heterocycles. The predicted molar refractivity (Wildman–Crippen MR) is 56.8 cm³/mol. The summed E-state index contributed by atoms with van der Waals surface area (Å²) in [6.45, 7) is 1.96. The molecule has 0 aliphatic carbocycles. The number of aromatic amines is 2. The number of nitrogens with one attached hydrogen (secondary N) is 2. The summed E-state index contributed by atoms with van der Waals surface area (Å²) >= 11 is 12.5. The first-order valence-corrected chi connectivity index (χ1v) is 5.23. The Morgan fingerprint density at radius 2 is 2.31 bits per heavy atom. The van der Waals surface area contributed by atoms with Crippen LogP contribution in [-0.2, 0) is 0 Å². The van der Waals surface area contributed by atoms with Gasteiger partial charge in [0.1, 0.15) is 0 Å². The van der Waals surface area contributed by atoms with E-state index in [1.165, 1.54) is 0 Å². The number of H-pyrrole nitrogens is 2. The Morgan fingerprint density at radius 3 is 2.77 bits per heavy atom. The molecule has 68 valence electrons. The summed E-state index contributed by atoms with van der Waals surface area (Å²) in [5, 5.41) is 8.32. The Kier molecular flexibility index (Phi) is 2.23. The number of aryl methyl sites for hydroxylation is 1.